The molecule has 1 aromatic carbocycles. The molecule has 1 fully saturated rings. The monoisotopic (exact) mass is 372 g/mol. The van der Waals surface area contributed by atoms with E-state index in [1.54, 1.807) is 41.1 Å². The molecule has 0 saturated carbocycles. The number of amides is 2. The number of pyridine rings is 1. The number of nitrogens with zero attached hydrogens (tertiary/aromatic N) is 3. The quantitative estimate of drug-likeness (QED) is 0.893. The summed E-state index contributed by atoms with van der Waals surface area (Å²) in [5, 5.41) is 3.10. The molecule has 8 heteroatoms. The summed E-state index contributed by atoms with van der Waals surface area (Å²) < 4.78 is 18.0. The first kappa shape index (κ1) is 18.6. The smallest absolute Gasteiger partial charge is 0.409 e. The van der Waals surface area contributed by atoms with Gasteiger partial charge >= 0.3 is 6.09 Å². The highest BCUT2D eigenvalue weighted by atomic mass is 19.1. The van der Waals surface area contributed by atoms with Crippen LogP contribution in [0.25, 0.3) is 0 Å². The van der Waals surface area contributed by atoms with E-state index in [0.717, 1.165) is 0 Å². The lowest BCUT2D eigenvalue weighted by molar-refractivity contribution is 0.0570. The second-order valence-corrected chi connectivity index (χ2v) is 6.07. The van der Waals surface area contributed by atoms with E-state index in [9.17, 15) is 14.0 Å². The summed E-state index contributed by atoms with van der Waals surface area (Å²) >= 11 is 0. The van der Waals surface area contributed by atoms with Gasteiger partial charge in [-0.25, -0.2) is 9.18 Å². The van der Waals surface area contributed by atoms with E-state index in [-0.39, 0.29) is 17.8 Å². The van der Waals surface area contributed by atoms with Gasteiger partial charge in [-0.1, -0.05) is 0 Å². The van der Waals surface area contributed by atoms with Crippen molar-refractivity contribution in [3.63, 3.8) is 0 Å². The number of carbonyl (C=O) groups excluding carboxylic acids is 2. The highest BCUT2D eigenvalue weighted by Crippen LogP contribution is 2.18. The number of ether oxygens (including phenoxy) is 1. The molecule has 2 aromatic rings. The summed E-state index contributed by atoms with van der Waals surface area (Å²) in [6.45, 7) is 3.84. The predicted octanol–water partition coefficient (Wildman–Crippen LogP) is 2.88. The minimum Gasteiger partial charge on any atom is -0.450 e. The summed E-state index contributed by atoms with van der Waals surface area (Å²) in [5.41, 5.74) is 1.79. The van der Waals surface area contributed by atoms with Crippen molar-refractivity contribution in [2.45, 2.75) is 6.92 Å². The van der Waals surface area contributed by atoms with Gasteiger partial charge in [-0.05, 0) is 37.3 Å². The van der Waals surface area contributed by atoms with Crippen molar-refractivity contribution in [3.05, 3.63) is 54.1 Å². The SMILES string of the molecule is CCOC(=O)N1CCN(C(=O)c2cncc(Nc3ccc(F)cc3)c2)CC1. The zero-order chi connectivity index (χ0) is 19.2. The number of hydrogen-bond acceptors (Lipinski definition) is 5. The van der Waals surface area contributed by atoms with Crippen LogP contribution in [0.15, 0.2) is 42.7 Å². The zero-order valence-corrected chi connectivity index (χ0v) is 15.0. The third-order valence-electron chi connectivity index (χ3n) is 4.21. The van der Waals surface area contributed by atoms with Gasteiger partial charge in [0.1, 0.15) is 5.82 Å². The molecular weight excluding hydrogens is 351 g/mol. The van der Waals surface area contributed by atoms with Crippen LogP contribution in [0.5, 0.6) is 0 Å². The van der Waals surface area contributed by atoms with E-state index < -0.39 is 0 Å². The van der Waals surface area contributed by atoms with Crippen molar-refractivity contribution in [1.29, 1.82) is 0 Å². The van der Waals surface area contributed by atoms with Crippen LogP contribution in [0.1, 0.15) is 17.3 Å². The predicted molar refractivity (Wildman–Crippen MR) is 98.4 cm³/mol. The number of benzene rings is 1. The fraction of sp³-hybridized carbons (Fsp3) is 0.316. The topological polar surface area (TPSA) is 74.8 Å². The average Bonchev–Trinajstić information content (AvgIpc) is 2.70. The van der Waals surface area contributed by atoms with E-state index in [2.05, 4.69) is 10.3 Å². The van der Waals surface area contributed by atoms with Gasteiger partial charge in [-0.15, -0.1) is 0 Å². The Morgan fingerprint density at radius 3 is 2.41 bits per heavy atom. The minimum atomic E-state index is -0.350. The van der Waals surface area contributed by atoms with Crippen LogP contribution in [0.4, 0.5) is 20.6 Å². The van der Waals surface area contributed by atoms with Gasteiger partial charge in [0.05, 0.1) is 24.1 Å². The van der Waals surface area contributed by atoms with E-state index in [1.165, 1.54) is 18.3 Å². The highest BCUT2D eigenvalue weighted by Gasteiger charge is 2.25. The Bertz CT molecular complexity index is 805. The van der Waals surface area contributed by atoms with Gasteiger partial charge in [-0.2, -0.15) is 0 Å². The van der Waals surface area contributed by atoms with Crippen molar-refractivity contribution in [2.75, 3.05) is 38.1 Å². The number of rotatable bonds is 4. The molecule has 0 unspecified atom stereocenters. The van der Waals surface area contributed by atoms with Gasteiger partial charge in [-0.3, -0.25) is 9.78 Å². The number of hydrogen-bond donors (Lipinski definition) is 1. The molecule has 2 amide bonds. The number of piperazine rings is 1. The van der Waals surface area contributed by atoms with Crippen molar-refractivity contribution >= 4 is 23.4 Å². The van der Waals surface area contributed by atoms with Gasteiger partial charge in [0, 0.05) is 38.1 Å². The average molecular weight is 372 g/mol. The fourth-order valence-electron chi connectivity index (χ4n) is 2.81. The van der Waals surface area contributed by atoms with Gasteiger partial charge in [0.2, 0.25) is 0 Å². The third kappa shape index (κ3) is 4.72. The standard InChI is InChI=1S/C19H21FN4O3/c1-2-27-19(26)24-9-7-23(8-10-24)18(25)14-11-17(13-21-12-14)22-16-5-3-15(20)4-6-16/h3-6,11-13,22H,2,7-10H2,1H3. The Morgan fingerprint density at radius 2 is 1.74 bits per heavy atom. The summed E-state index contributed by atoms with van der Waals surface area (Å²) in [6, 6.07) is 7.63. The Kier molecular flexibility index (Phi) is 5.85. The Balaban J connectivity index is 1.62. The van der Waals surface area contributed by atoms with Crippen molar-refractivity contribution < 1.29 is 18.7 Å². The van der Waals surface area contributed by atoms with Gasteiger partial charge in [0.25, 0.3) is 5.91 Å². The van der Waals surface area contributed by atoms with E-state index in [0.29, 0.717) is 49.7 Å². The lowest BCUT2D eigenvalue weighted by atomic mass is 10.2. The molecule has 0 bridgehead atoms. The second-order valence-electron chi connectivity index (χ2n) is 6.07. The van der Waals surface area contributed by atoms with Crippen LogP contribution in [-0.2, 0) is 4.74 Å². The third-order valence-corrected chi connectivity index (χ3v) is 4.21. The van der Waals surface area contributed by atoms with E-state index in [1.807, 2.05) is 0 Å². The van der Waals surface area contributed by atoms with E-state index in [4.69, 9.17) is 4.74 Å². The Hall–Kier alpha value is -3.16. The van der Waals surface area contributed by atoms with Crippen LogP contribution < -0.4 is 5.32 Å². The van der Waals surface area contributed by atoms with E-state index >= 15 is 0 Å². The van der Waals surface area contributed by atoms with Crippen molar-refractivity contribution in [3.8, 4) is 0 Å². The molecule has 1 N–H and O–H groups in total. The summed E-state index contributed by atoms with van der Waals surface area (Å²) in [5.74, 6) is -0.460. The maximum absolute atomic E-state index is 13.0. The Morgan fingerprint density at radius 1 is 1.07 bits per heavy atom. The lowest BCUT2D eigenvalue weighted by Crippen LogP contribution is -2.50. The largest absolute Gasteiger partial charge is 0.450 e. The molecule has 2 heterocycles. The molecule has 7 nitrogen and oxygen atoms in total. The molecule has 0 radical (unpaired) electrons. The second kappa shape index (κ2) is 8.48. The summed E-state index contributed by atoms with van der Waals surface area (Å²) in [4.78, 5) is 31.9. The minimum absolute atomic E-state index is 0.145. The normalized spacial score (nSPS) is 14.0. The van der Waals surface area contributed by atoms with Gasteiger partial charge in [0.15, 0.2) is 0 Å². The highest BCUT2D eigenvalue weighted by molar-refractivity contribution is 5.95. The maximum Gasteiger partial charge on any atom is 0.409 e. The molecule has 27 heavy (non-hydrogen) atoms. The number of halogens is 1. The molecule has 1 aliphatic rings. The van der Waals surface area contributed by atoms with Crippen LogP contribution in [0.2, 0.25) is 0 Å². The first-order valence-electron chi connectivity index (χ1n) is 8.75. The lowest BCUT2D eigenvalue weighted by Gasteiger charge is -2.34. The number of carbonyl (C=O) groups is 2. The molecule has 3 rings (SSSR count). The summed E-state index contributed by atoms with van der Waals surface area (Å²) in [6.07, 6.45) is 2.76. The number of nitrogens with one attached hydrogen (secondary N) is 1. The fourth-order valence-corrected chi connectivity index (χ4v) is 2.81. The molecule has 1 aliphatic heterocycles. The first-order chi connectivity index (χ1) is 13.1. The Labute approximate surface area is 156 Å². The molecule has 0 spiro atoms. The molecule has 142 valence electrons. The molecule has 1 saturated heterocycles. The molecular formula is C19H21FN4O3. The summed E-state index contributed by atoms with van der Waals surface area (Å²) in [7, 11) is 0. The molecule has 0 aliphatic carbocycles. The van der Waals surface area contributed by atoms with Crippen LogP contribution >= 0.6 is 0 Å². The number of aromatic nitrogens is 1. The molecule has 0 atom stereocenters. The van der Waals surface area contributed by atoms with Crippen LogP contribution in [-0.4, -0.2) is 59.6 Å². The van der Waals surface area contributed by atoms with Crippen LogP contribution in [0, 0.1) is 5.82 Å². The first-order valence-corrected chi connectivity index (χ1v) is 8.75. The van der Waals surface area contributed by atoms with Gasteiger partial charge < -0.3 is 19.9 Å². The zero-order valence-electron chi connectivity index (χ0n) is 15.0. The maximum atomic E-state index is 13.0. The molecule has 1 aromatic heterocycles. The van der Waals surface area contributed by atoms with Crippen molar-refractivity contribution in [2.24, 2.45) is 0 Å². The van der Waals surface area contributed by atoms with Crippen LogP contribution in [0.3, 0.4) is 0 Å². The van der Waals surface area contributed by atoms with Crippen molar-refractivity contribution in [1.82, 2.24) is 14.8 Å². The number of anilines is 2.